The number of halogens is 5. The molecule has 0 amide bonds. The minimum atomic E-state index is -4.89. The van der Waals surface area contributed by atoms with Gasteiger partial charge in [0.15, 0.2) is 9.84 Å². The quantitative estimate of drug-likeness (QED) is 0.269. The van der Waals surface area contributed by atoms with Crippen LogP contribution in [-0.4, -0.2) is 44.2 Å². The maximum atomic E-state index is 12.9. The van der Waals surface area contributed by atoms with E-state index in [0.29, 0.717) is 23.3 Å². The SMILES string of the molecule is COCCS(=O)(=O)c1ccc(Cc2nc3c(Cl)c(-c4ccccc4OC(F)(F)F)c(Cl)cc3[nH]2)cc1. The fourth-order valence-corrected chi connectivity index (χ4v) is 5.54. The number of fused-ring (bicyclic) bond motifs is 1. The second-order valence-electron chi connectivity index (χ2n) is 7.80. The maximum absolute atomic E-state index is 12.9. The van der Waals surface area contributed by atoms with Crippen LogP contribution in [0.1, 0.15) is 11.4 Å². The zero-order chi connectivity index (χ0) is 26.1. The fraction of sp³-hybridized carbons (Fsp3) is 0.208. The van der Waals surface area contributed by atoms with Gasteiger partial charge in [-0.2, -0.15) is 0 Å². The van der Waals surface area contributed by atoms with Crippen LogP contribution in [0.25, 0.3) is 22.2 Å². The van der Waals surface area contributed by atoms with Gasteiger partial charge < -0.3 is 14.5 Å². The lowest BCUT2D eigenvalue weighted by molar-refractivity contribution is -0.274. The van der Waals surface area contributed by atoms with E-state index in [2.05, 4.69) is 14.7 Å². The molecule has 1 aromatic heterocycles. The Morgan fingerprint density at radius 3 is 2.42 bits per heavy atom. The molecule has 36 heavy (non-hydrogen) atoms. The van der Waals surface area contributed by atoms with E-state index < -0.39 is 21.9 Å². The van der Waals surface area contributed by atoms with Gasteiger partial charge in [0.2, 0.25) is 0 Å². The van der Waals surface area contributed by atoms with Crippen LogP contribution in [0, 0.1) is 0 Å². The van der Waals surface area contributed by atoms with E-state index in [0.717, 1.165) is 5.56 Å². The van der Waals surface area contributed by atoms with Gasteiger partial charge in [-0.1, -0.05) is 53.5 Å². The number of para-hydroxylation sites is 1. The third-order valence-electron chi connectivity index (χ3n) is 5.31. The summed E-state index contributed by atoms with van der Waals surface area (Å²) in [6.07, 6.45) is -4.57. The second-order valence-corrected chi connectivity index (χ2v) is 10.7. The molecule has 6 nitrogen and oxygen atoms in total. The van der Waals surface area contributed by atoms with Crippen molar-refractivity contribution < 1.29 is 31.1 Å². The number of hydrogen-bond acceptors (Lipinski definition) is 5. The molecule has 0 spiro atoms. The van der Waals surface area contributed by atoms with Crippen molar-refractivity contribution in [1.29, 1.82) is 0 Å². The van der Waals surface area contributed by atoms with Crippen LogP contribution >= 0.6 is 23.2 Å². The highest BCUT2D eigenvalue weighted by atomic mass is 35.5. The van der Waals surface area contributed by atoms with E-state index in [1.54, 1.807) is 18.2 Å². The first kappa shape index (κ1) is 26.3. The third-order valence-corrected chi connectivity index (χ3v) is 7.67. The molecule has 3 aromatic carbocycles. The Balaban J connectivity index is 1.66. The standard InChI is InChI=1S/C24H19Cl2F3N2O4S/c1-34-10-11-36(32,33)15-8-6-14(7-9-15)12-20-30-18-13-17(25)21(22(26)23(18)31-20)16-4-2-3-5-19(16)35-24(27,28)29/h2-9,13H,10-12H2,1H3,(H,30,31). The Bertz CT molecular complexity index is 1500. The number of hydrogen-bond donors (Lipinski definition) is 1. The molecular weight excluding hydrogens is 540 g/mol. The first-order valence-corrected chi connectivity index (χ1v) is 12.9. The number of sulfone groups is 1. The van der Waals surface area contributed by atoms with Crippen molar-refractivity contribution in [3.05, 3.63) is 76.0 Å². The van der Waals surface area contributed by atoms with E-state index in [1.165, 1.54) is 43.5 Å². The van der Waals surface area contributed by atoms with Crippen LogP contribution in [0.3, 0.4) is 0 Å². The molecule has 0 aliphatic rings. The van der Waals surface area contributed by atoms with Gasteiger partial charge in [-0.3, -0.25) is 0 Å². The van der Waals surface area contributed by atoms with Crippen LogP contribution in [0.15, 0.2) is 59.5 Å². The van der Waals surface area contributed by atoms with E-state index in [1.807, 2.05) is 0 Å². The number of benzene rings is 3. The van der Waals surface area contributed by atoms with Crippen molar-refractivity contribution in [3.63, 3.8) is 0 Å². The van der Waals surface area contributed by atoms with Gasteiger partial charge in [0, 0.05) is 24.7 Å². The summed E-state index contributed by atoms with van der Waals surface area (Å²) in [5, 5.41) is 0.185. The van der Waals surface area contributed by atoms with Crippen molar-refractivity contribution in [2.24, 2.45) is 0 Å². The molecule has 4 aromatic rings. The van der Waals surface area contributed by atoms with E-state index in [9.17, 15) is 21.6 Å². The van der Waals surface area contributed by atoms with Crippen LogP contribution in [-0.2, 0) is 21.0 Å². The molecule has 0 bridgehead atoms. The number of H-pyrrole nitrogens is 1. The summed E-state index contributed by atoms with van der Waals surface area (Å²) < 4.78 is 72.3. The predicted octanol–water partition coefficient (Wildman–Crippen LogP) is 6.45. The van der Waals surface area contributed by atoms with Crippen molar-refractivity contribution in [2.75, 3.05) is 19.5 Å². The van der Waals surface area contributed by atoms with Crippen LogP contribution in [0.5, 0.6) is 5.75 Å². The molecular formula is C24H19Cl2F3N2O4S. The molecule has 0 aliphatic heterocycles. The average Bonchev–Trinajstić information content (AvgIpc) is 3.20. The molecule has 1 heterocycles. The summed E-state index contributed by atoms with van der Waals surface area (Å²) >= 11 is 13.0. The predicted molar refractivity (Wildman–Crippen MR) is 131 cm³/mol. The first-order chi connectivity index (χ1) is 17.0. The van der Waals surface area contributed by atoms with Gasteiger partial charge in [0.1, 0.15) is 17.1 Å². The third kappa shape index (κ3) is 5.78. The molecule has 0 fully saturated rings. The Morgan fingerprint density at radius 1 is 1.06 bits per heavy atom. The normalized spacial score (nSPS) is 12.3. The smallest absolute Gasteiger partial charge is 0.405 e. The summed E-state index contributed by atoms with van der Waals surface area (Å²) in [5.74, 6) is -0.0510. The van der Waals surface area contributed by atoms with Crippen LogP contribution < -0.4 is 4.74 Å². The summed E-state index contributed by atoms with van der Waals surface area (Å²) in [4.78, 5) is 7.80. The number of aromatic amines is 1. The number of imidazole rings is 1. The first-order valence-electron chi connectivity index (χ1n) is 10.5. The van der Waals surface area contributed by atoms with E-state index in [-0.39, 0.29) is 38.4 Å². The maximum Gasteiger partial charge on any atom is 0.573 e. The minimum Gasteiger partial charge on any atom is -0.405 e. The molecule has 4 rings (SSSR count). The number of alkyl halides is 3. The van der Waals surface area contributed by atoms with Crippen molar-refractivity contribution in [1.82, 2.24) is 9.97 Å². The topological polar surface area (TPSA) is 81.3 Å². The monoisotopic (exact) mass is 558 g/mol. The molecule has 0 saturated heterocycles. The zero-order valence-corrected chi connectivity index (χ0v) is 21.0. The molecule has 0 radical (unpaired) electrons. The van der Waals surface area contributed by atoms with Gasteiger partial charge in [-0.05, 0) is 29.8 Å². The highest BCUT2D eigenvalue weighted by Gasteiger charge is 2.33. The highest BCUT2D eigenvalue weighted by molar-refractivity contribution is 7.91. The number of nitrogens with zero attached hydrogens (tertiary/aromatic N) is 1. The van der Waals surface area contributed by atoms with Gasteiger partial charge >= 0.3 is 6.36 Å². The largest absolute Gasteiger partial charge is 0.573 e. The van der Waals surface area contributed by atoms with Crippen molar-refractivity contribution in [3.8, 4) is 16.9 Å². The van der Waals surface area contributed by atoms with Crippen LogP contribution in [0.2, 0.25) is 10.0 Å². The lowest BCUT2D eigenvalue weighted by atomic mass is 10.0. The fourth-order valence-electron chi connectivity index (χ4n) is 3.67. The minimum absolute atomic E-state index is 0.0674. The Kier molecular flexibility index (Phi) is 7.51. The van der Waals surface area contributed by atoms with Gasteiger partial charge in [0.05, 0.1) is 32.8 Å². The van der Waals surface area contributed by atoms with E-state index in [4.69, 9.17) is 27.9 Å². The molecule has 12 heteroatoms. The second kappa shape index (κ2) is 10.3. The lowest BCUT2D eigenvalue weighted by Crippen LogP contribution is -2.17. The molecule has 190 valence electrons. The van der Waals surface area contributed by atoms with Crippen LogP contribution in [0.4, 0.5) is 13.2 Å². The number of nitrogens with one attached hydrogen (secondary N) is 1. The molecule has 0 atom stereocenters. The molecule has 0 unspecified atom stereocenters. The van der Waals surface area contributed by atoms with Crippen molar-refractivity contribution >= 4 is 44.1 Å². The molecule has 0 aliphatic carbocycles. The number of rotatable bonds is 8. The van der Waals surface area contributed by atoms with Gasteiger partial charge in [-0.15, -0.1) is 13.2 Å². The summed E-state index contributed by atoms with van der Waals surface area (Å²) in [6, 6.07) is 13.5. The van der Waals surface area contributed by atoms with Gasteiger partial charge in [-0.25, -0.2) is 13.4 Å². The molecule has 1 N–H and O–H groups in total. The number of aromatic nitrogens is 2. The van der Waals surface area contributed by atoms with E-state index >= 15 is 0 Å². The Hall–Kier alpha value is -2.79. The average molecular weight is 559 g/mol. The zero-order valence-electron chi connectivity index (χ0n) is 18.7. The van der Waals surface area contributed by atoms with Crippen molar-refractivity contribution in [2.45, 2.75) is 17.7 Å². The Labute approximate surface area is 214 Å². The number of ether oxygens (including phenoxy) is 2. The number of methoxy groups -OCH3 is 1. The summed E-state index contributed by atoms with van der Waals surface area (Å²) in [7, 11) is -2.02. The summed E-state index contributed by atoms with van der Waals surface area (Å²) in [6.45, 7) is 0.0984. The Morgan fingerprint density at radius 2 is 1.75 bits per heavy atom. The van der Waals surface area contributed by atoms with Gasteiger partial charge in [0.25, 0.3) is 0 Å². The highest BCUT2D eigenvalue weighted by Crippen LogP contribution is 2.44. The summed E-state index contributed by atoms with van der Waals surface area (Å²) in [5.41, 5.74) is 1.84. The lowest BCUT2D eigenvalue weighted by Gasteiger charge is -2.15. The molecule has 0 saturated carbocycles.